The van der Waals surface area contributed by atoms with Crippen LogP contribution in [-0.4, -0.2) is 18.5 Å². The second kappa shape index (κ2) is 4.74. The van der Waals surface area contributed by atoms with E-state index >= 15 is 0 Å². The number of carbonyl (C=O) groups excluding carboxylic acids is 1. The monoisotopic (exact) mass is 194 g/mol. The van der Waals surface area contributed by atoms with Crippen molar-refractivity contribution in [3.63, 3.8) is 0 Å². The molecule has 1 heterocycles. The van der Waals surface area contributed by atoms with Crippen molar-refractivity contribution in [2.24, 2.45) is 0 Å². The molecule has 0 aromatic carbocycles. The number of rotatable bonds is 4. The van der Waals surface area contributed by atoms with Crippen molar-refractivity contribution in [1.82, 2.24) is 0 Å². The van der Waals surface area contributed by atoms with Crippen molar-refractivity contribution < 1.29 is 9.53 Å². The molecule has 1 saturated heterocycles. The van der Waals surface area contributed by atoms with E-state index in [9.17, 15) is 4.79 Å². The summed E-state index contributed by atoms with van der Waals surface area (Å²) in [5.41, 5.74) is 1.35. The van der Waals surface area contributed by atoms with Crippen LogP contribution in [0.5, 0.6) is 0 Å². The molecule has 2 heteroatoms. The molecule has 1 fully saturated rings. The minimum Gasteiger partial charge on any atom is -0.378 e. The van der Waals surface area contributed by atoms with Crippen molar-refractivity contribution in [1.29, 1.82) is 0 Å². The molecule has 78 valence electrons. The highest BCUT2D eigenvalue weighted by molar-refractivity contribution is 5.92. The molecule has 0 bridgehead atoms. The van der Waals surface area contributed by atoms with E-state index in [0.29, 0.717) is 11.9 Å². The van der Waals surface area contributed by atoms with Gasteiger partial charge in [-0.15, -0.1) is 0 Å². The molecule has 0 aromatic rings. The zero-order valence-electron chi connectivity index (χ0n) is 8.63. The molecule has 0 N–H and O–H groups in total. The summed E-state index contributed by atoms with van der Waals surface area (Å²) in [4.78, 5) is 11.0. The molecule has 14 heavy (non-hydrogen) atoms. The van der Waals surface area contributed by atoms with E-state index in [1.54, 1.807) is 0 Å². The van der Waals surface area contributed by atoms with Crippen molar-refractivity contribution >= 4 is 5.78 Å². The molecule has 1 aliphatic heterocycles. The first-order chi connectivity index (χ1) is 6.84. The Bertz CT molecular complexity index is 237. The third kappa shape index (κ3) is 2.68. The SMILES string of the molecule is O=C1C=C(CCCC2CCCO2)CC1. The minimum absolute atomic E-state index is 0.317. The van der Waals surface area contributed by atoms with E-state index in [1.807, 2.05) is 6.08 Å². The molecule has 0 aromatic heterocycles. The molecule has 0 radical (unpaired) electrons. The maximum absolute atomic E-state index is 11.0. The Morgan fingerprint density at radius 3 is 3.00 bits per heavy atom. The van der Waals surface area contributed by atoms with Crippen molar-refractivity contribution in [2.45, 2.75) is 51.0 Å². The molecule has 2 rings (SSSR count). The van der Waals surface area contributed by atoms with Crippen LogP contribution in [0.1, 0.15) is 44.9 Å². The lowest BCUT2D eigenvalue weighted by atomic mass is 10.0. The van der Waals surface area contributed by atoms with Crippen LogP contribution in [0, 0.1) is 0 Å². The smallest absolute Gasteiger partial charge is 0.155 e. The van der Waals surface area contributed by atoms with Crippen molar-refractivity contribution in [2.75, 3.05) is 6.61 Å². The van der Waals surface area contributed by atoms with Crippen LogP contribution in [0.3, 0.4) is 0 Å². The van der Waals surface area contributed by atoms with Crippen LogP contribution in [0.15, 0.2) is 11.6 Å². The molecule has 0 amide bonds. The van der Waals surface area contributed by atoms with Crippen LogP contribution < -0.4 is 0 Å². The van der Waals surface area contributed by atoms with E-state index < -0.39 is 0 Å². The fourth-order valence-corrected chi connectivity index (χ4v) is 2.28. The van der Waals surface area contributed by atoms with Gasteiger partial charge in [0.15, 0.2) is 5.78 Å². The standard InChI is InChI=1S/C12H18O2/c13-11-7-6-10(9-11)3-1-4-12-5-2-8-14-12/h9,12H,1-8H2. The molecule has 0 spiro atoms. The van der Waals surface area contributed by atoms with Gasteiger partial charge in [0, 0.05) is 13.0 Å². The Morgan fingerprint density at radius 2 is 2.36 bits per heavy atom. The van der Waals surface area contributed by atoms with Gasteiger partial charge in [0.1, 0.15) is 0 Å². The average molecular weight is 194 g/mol. The quantitative estimate of drug-likeness (QED) is 0.687. The minimum atomic E-state index is 0.317. The summed E-state index contributed by atoms with van der Waals surface area (Å²) in [6.45, 7) is 0.950. The predicted molar refractivity (Wildman–Crippen MR) is 55.1 cm³/mol. The largest absolute Gasteiger partial charge is 0.378 e. The van der Waals surface area contributed by atoms with Gasteiger partial charge < -0.3 is 4.74 Å². The zero-order chi connectivity index (χ0) is 9.80. The van der Waals surface area contributed by atoms with E-state index in [2.05, 4.69) is 0 Å². The van der Waals surface area contributed by atoms with Crippen molar-refractivity contribution in [3.8, 4) is 0 Å². The van der Waals surface area contributed by atoms with Crippen LogP contribution in [0.2, 0.25) is 0 Å². The number of hydrogen-bond acceptors (Lipinski definition) is 2. The van der Waals surface area contributed by atoms with Crippen molar-refractivity contribution in [3.05, 3.63) is 11.6 Å². The average Bonchev–Trinajstić information content (AvgIpc) is 2.77. The molecule has 1 aliphatic carbocycles. The Kier molecular flexibility index (Phi) is 3.35. The van der Waals surface area contributed by atoms with Gasteiger partial charge in [-0.2, -0.15) is 0 Å². The van der Waals surface area contributed by atoms with Gasteiger partial charge in [-0.1, -0.05) is 5.57 Å². The molecule has 2 aliphatic rings. The lowest BCUT2D eigenvalue weighted by Crippen LogP contribution is -2.03. The van der Waals surface area contributed by atoms with E-state index in [0.717, 1.165) is 25.9 Å². The second-order valence-corrected chi connectivity index (χ2v) is 4.30. The summed E-state index contributed by atoms with van der Waals surface area (Å²) in [7, 11) is 0. The number of allylic oxidation sites excluding steroid dienone is 2. The van der Waals surface area contributed by atoms with Gasteiger partial charge in [0.05, 0.1) is 6.10 Å². The third-order valence-electron chi connectivity index (χ3n) is 3.11. The molecule has 1 atom stereocenters. The third-order valence-corrected chi connectivity index (χ3v) is 3.11. The number of ketones is 1. The Balaban J connectivity index is 1.62. The van der Waals surface area contributed by atoms with E-state index in [1.165, 1.54) is 31.3 Å². The van der Waals surface area contributed by atoms with Gasteiger partial charge in [-0.3, -0.25) is 4.79 Å². The summed E-state index contributed by atoms with van der Waals surface area (Å²) in [5.74, 6) is 0.317. The van der Waals surface area contributed by atoms with E-state index in [4.69, 9.17) is 4.74 Å². The normalized spacial score (nSPS) is 27.0. The fourth-order valence-electron chi connectivity index (χ4n) is 2.28. The predicted octanol–water partition coefficient (Wildman–Crippen LogP) is 2.63. The summed E-state index contributed by atoms with van der Waals surface area (Å²) >= 11 is 0. The van der Waals surface area contributed by atoms with Gasteiger partial charge in [0.25, 0.3) is 0 Å². The Morgan fingerprint density at radius 1 is 1.43 bits per heavy atom. The Hall–Kier alpha value is -0.630. The zero-order valence-corrected chi connectivity index (χ0v) is 8.63. The highest BCUT2D eigenvalue weighted by Gasteiger charge is 2.16. The number of ether oxygens (including phenoxy) is 1. The van der Waals surface area contributed by atoms with Gasteiger partial charge >= 0.3 is 0 Å². The second-order valence-electron chi connectivity index (χ2n) is 4.30. The topological polar surface area (TPSA) is 26.3 Å². The van der Waals surface area contributed by atoms with Gasteiger partial charge in [-0.05, 0) is 44.6 Å². The Labute approximate surface area is 85.3 Å². The van der Waals surface area contributed by atoms with Gasteiger partial charge in [0.2, 0.25) is 0 Å². The molecule has 0 saturated carbocycles. The van der Waals surface area contributed by atoms with Crippen LogP contribution in [0.4, 0.5) is 0 Å². The first-order valence-electron chi connectivity index (χ1n) is 5.68. The molecular weight excluding hydrogens is 176 g/mol. The first kappa shape index (κ1) is 9.91. The summed E-state index contributed by atoms with van der Waals surface area (Å²) in [6.07, 6.45) is 10.0. The maximum atomic E-state index is 11.0. The number of carbonyl (C=O) groups is 1. The lowest BCUT2D eigenvalue weighted by Gasteiger charge is -2.08. The van der Waals surface area contributed by atoms with E-state index in [-0.39, 0.29) is 0 Å². The van der Waals surface area contributed by atoms with Gasteiger partial charge in [-0.25, -0.2) is 0 Å². The number of hydrogen-bond donors (Lipinski definition) is 0. The molecular formula is C12H18O2. The first-order valence-corrected chi connectivity index (χ1v) is 5.68. The summed E-state index contributed by atoms with van der Waals surface area (Å²) < 4.78 is 5.55. The molecule has 1 unspecified atom stereocenters. The fraction of sp³-hybridized carbons (Fsp3) is 0.750. The highest BCUT2D eigenvalue weighted by atomic mass is 16.5. The summed E-state index contributed by atoms with van der Waals surface area (Å²) in [5, 5.41) is 0. The van der Waals surface area contributed by atoms with Crippen LogP contribution in [0.25, 0.3) is 0 Å². The van der Waals surface area contributed by atoms with Crippen LogP contribution >= 0.6 is 0 Å². The highest BCUT2D eigenvalue weighted by Crippen LogP contribution is 2.23. The molecule has 2 nitrogen and oxygen atoms in total. The lowest BCUT2D eigenvalue weighted by molar-refractivity contribution is -0.114. The maximum Gasteiger partial charge on any atom is 0.155 e. The summed E-state index contributed by atoms with van der Waals surface area (Å²) in [6, 6.07) is 0. The van der Waals surface area contributed by atoms with Crippen LogP contribution in [-0.2, 0) is 9.53 Å².